The van der Waals surface area contributed by atoms with Gasteiger partial charge < -0.3 is 14.8 Å². The summed E-state index contributed by atoms with van der Waals surface area (Å²) in [6, 6.07) is 21.4. The van der Waals surface area contributed by atoms with E-state index in [1.54, 1.807) is 43.3 Å². The Morgan fingerprint density at radius 3 is 2.55 bits per heavy atom. The van der Waals surface area contributed by atoms with E-state index in [0.29, 0.717) is 30.0 Å². The van der Waals surface area contributed by atoms with Gasteiger partial charge >= 0.3 is 5.97 Å². The summed E-state index contributed by atoms with van der Waals surface area (Å²) in [5, 5.41) is 3.52. The number of benzene rings is 3. The van der Waals surface area contributed by atoms with Crippen molar-refractivity contribution in [1.29, 1.82) is 0 Å². The molecule has 2 aliphatic heterocycles. The Bertz CT molecular complexity index is 1620. The van der Waals surface area contributed by atoms with Gasteiger partial charge in [-0.2, -0.15) is 0 Å². The highest BCUT2D eigenvalue weighted by Crippen LogP contribution is 2.48. The third-order valence-corrected chi connectivity index (χ3v) is 9.72. The first-order valence-corrected chi connectivity index (χ1v) is 14.9. The van der Waals surface area contributed by atoms with Crippen molar-refractivity contribution in [2.75, 3.05) is 26.8 Å². The maximum absolute atomic E-state index is 14.2. The van der Waals surface area contributed by atoms with Gasteiger partial charge in [-0.3, -0.25) is 4.90 Å². The van der Waals surface area contributed by atoms with Gasteiger partial charge in [0.15, 0.2) is 0 Å². The van der Waals surface area contributed by atoms with Crippen LogP contribution in [-0.4, -0.2) is 46.1 Å². The number of rotatable bonds is 7. The Morgan fingerprint density at radius 1 is 1.05 bits per heavy atom. The minimum atomic E-state index is -4.12. The number of hydrogen-bond acceptors (Lipinski definition) is 7. The Kier molecular flexibility index (Phi) is 8.24. The zero-order valence-corrected chi connectivity index (χ0v) is 24.3. The number of ether oxygens (including phenoxy) is 2. The Labute approximate surface area is 243 Å². The monoisotopic (exact) mass is 598 g/mol. The second kappa shape index (κ2) is 11.7. The fourth-order valence-corrected chi connectivity index (χ4v) is 7.31. The highest BCUT2D eigenvalue weighted by atomic mass is 35.5. The van der Waals surface area contributed by atoms with E-state index >= 15 is 0 Å². The quantitative estimate of drug-likeness (QED) is 0.349. The van der Waals surface area contributed by atoms with E-state index in [0.717, 1.165) is 5.56 Å². The summed E-state index contributed by atoms with van der Waals surface area (Å²) in [5.74, 6) is -1.46. The minimum Gasteiger partial charge on any atom is -0.486 e. The number of para-hydroxylation sites is 1. The van der Waals surface area contributed by atoms with Gasteiger partial charge in [0.05, 0.1) is 32.1 Å². The molecule has 0 radical (unpaired) electrons. The molecule has 1 N–H and O–H groups in total. The van der Waals surface area contributed by atoms with E-state index < -0.39 is 21.7 Å². The molecule has 0 bridgehead atoms. The van der Waals surface area contributed by atoms with Crippen LogP contribution in [0.15, 0.2) is 99.6 Å². The predicted octanol–water partition coefficient (Wildman–Crippen LogP) is 5.71. The number of esters is 1. The molecular formula is C30H28Cl2N2O5S. The van der Waals surface area contributed by atoms with Crippen molar-refractivity contribution in [3.05, 3.63) is 116 Å². The molecule has 1 atom stereocenters. The number of carbonyl (C=O) groups is 1. The number of sulfone groups is 1. The summed E-state index contributed by atoms with van der Waals surface area (Å²) < 4.78 is 39.9. The first-order valence-electron chi connectivity index (χ1n) is 12.7. The largest absolute Gasteiger partial charge is 0.486 e. The average molecular weight is 600 g/mol. The molecule has 3 aromatic carbocycles. The van der Waals surface area contributed by atoms with Gasteiger partial charge in [-0.05, 0) is 43.3 Å². The highest BCUT2D eigenvalue weighted by molar-refractivity contribution is 7.95. The van der Waals surface area contributed by atoms with Crippen LogP contribution in [0.1, 0.15) is 24.0 Å². The molecule has 2 heterocycles. The van der Waals surface area contributed by atoms with Crippen LogP contribution in [0.5, 0.6) is 5.75 Å². The molecule has 3 aromatic rings. The van der Waals surface area contributed by atoms with Gasteiger partial charge in [0, 0.05) is 18.8 Å². The number of halogens is 2. The molecule has 0 fully saturated rings. The number of likely N-dealkylation sites (N-methyl/N-ethyl adjacent to an activating group) is 1. The Balaban J connectivity index is 1.49. The van der Waals surface area contributed by atoms with Crippen LogP contribution in [0.25, 0.3) is 0 Å². The minimum absolute atomic E-state index is 0.0136. The number of dihydropyridines is 1. The van der Waals surface area contributed by atoms with Crippen LogP contribution in [0.3, 0.4) is 0 Å². The summed E-state index contributed by atoms with van der Waals surface area (Å²) in [7, 11) is -2.19. The smallest absolute Gasteiger partial charge is 0.336 e. The standard InChI is InChI=1S/C30H28Cl2N2O5S/c1-19-26(30(35)38-16-15-34(2)17-20-9-4-3-5-10-20)27(21-11-8-12-22(31)28(21)32)29-23(33-19)18-39-24-13-6-7-14-25(24)40(29,36)37/h3-14,27,33H,15-18H2,1-2H3. The highest BCUT2D eigenvalue weighted by Gasteiger charge is 2.44. The second-order valence-corrected chi connectivity index (χ2v) is 12.4. The van der Waals surface area contributed by atoms with E-state index in [9.17, 15) is 13.2 Å². The van der Waals surface area contributed by atoms with Gasteiger partial charge in [-0.1, -0.05) is 77.8 Å². The summed E-state index contributed by atoms with van der Waals surface area (Å²) in [4.78, 5) is 15.7. The van der Waals surface area contributed by atoms with Crippen molar-refractivity contribution in [3.63, 3.8) is 0 Å². The molecule has 0 aromatic heterocycles. The van der Waals surface area contributed by atoms with Crippen molar-refractivity contribution in [2.45, 2.75) is 24.3 Å². The zero-order chi connectivity index (χ0) is 28.4. The van der Waals surface area contributed by atoms with E-state index in [1.165, 1.54) is 6.07 Å². The topological polar surface area (TPSA) is 84.9 Å². The molecule has 0 aliphatic carbocycles. The molecule has 208 valence electrons. The molecule has 2 aliphatic rings. The van der Waals surface area contributed by atoms with Crippen molar-refractivity contribution >= 4 is 39.0 Å². The van der Waals surface area contributed by atoms with Gasteiger partial charge in [0.2, 0.25) is 9.84 Å². The lowest BCUT2D eigenvalue weighted by Crippen LogP contribution is -2.34. The first kappa shape index (κ1) is 28.2. The lowest BCUT2D eigenvalue weighted by molar-refractivity contribution is -0.139. The van der Waals surface area contributed by atoms with Crippen molar-refractivity contribution < 1.29 is 22.7 Å². The third kappa shape index (κ3) is 5.49. The number of hydrogen-bond donors (Lipinski definition) is 1. The van der Waals surface area contributed by atoms with Crippen LogP contribution >= 0.6 is 23.2 Å². The van der Waals surface area contributed by atoms with Crippen LogP contribution in [0.2, 0.25) is 10.0 Å². The molecule has 0 amide bonds. The average Bonchev–Trinajstić information content (AvgIpc) is 3.04. The SMILES string of the molecule is CC1=C(C(=O)OCCN(C)Cc2ccccc2)C(c2cccc(Cl)c2Cl)C2=C(COc3ccccc3S2(=O)=O)N1. The molecule has 0 saturated heterocycles. The van der Waals surface area contributed by atoms with Crippen LogP contribution in [-0.2, 0) is 25.9 Å². The number of carbonyl (C=O) groups excluding carboxylic acids is 1. The molecule has 5 rings (SSSR count). The lowest BCUT2D eigenvalue weighted by atomic mass is 9.86. The van der Waals surface area contributed by atoms with E-state index in [-0.39, 0.29) is 44.4 Å². The van der Waals surface area contributed by atoms with Crippen LogP contribution < -0.4 is 10.1 Å². The molecule has 1 unspecified atom stereocenters. The molecular weight excluding hydrogens is 571 g/mol. The maximum atomic E-state index is 14.2. The number of allylic oxidation sites excluding steroid dienone is 2. The zero-order valence-electron chi connectivity index (χ0n) is 22.0. The van der Waals surface area contributed by atoms with Gasteiger partial charge in [-0.25, -0.2) is 13.2 Å². The van der Waals surface area contributed by atoms with Crippen LogP contribution in [0.4, 0.5) is 0 Å². The molecule has 7 nitrogen and oxygen atoms in total. The third-order valence-electron chi connectivity index (χ3n) is 6.90. The fourth-order valence-electron chi connectivity index (χ4n) is 5.02. The molecule has 10 heteroatoms. The predicted molar refractivity (Wildman–Crippen MR) is 155 cm³/mol. The van der Waals surface area contributed by atoms with Crippen molar-refractivity contribution in [1.82, 2.24) is 10.2 Å². The number of nitrogens with one attached hydrogen (secondary N) is 1. The van der Waals surface area contributed by atoms with Gasteiger partial charge in [0.25, 0.3) is 0 Å². The summed E-state index contributed by atoms with van der Waals surface area (Å²) >= 11 is 13.0. The van der Waals surface area contributed by atoms with E-state index in [2.05, 4.69) is 5.32 Å². The van der Waals surface area contributed by atoms with Crippen molar-refractivity contribution in [2.24, 2.45) is 0 Å². The summed E-state index contributed by atoms with van der Waals surface area (Å²) in [6.07, 6.45) is 0. The number of fused-ring (bicyclic) bond motifs is 1. The van der Waals surface area contributed by atoms with E-state index in [1.807, 2.05) is 42.3 Å². The first-order chi connectivity index (χ1) is 19.2. The van der Waals surface area contributed by atoms with Gasteiger partial charge in [-0.15, -0.1) is 0 Å². The number of nitrogens with zero attached hydrogens (tertiary/aromatic N) is 1. The molecule has 0 spiro atoms. The summed E-state index contributed by atoms with van der Waals surface area (Å²) in [5.41, 5.74) is 2.46. The molecule has 0 saturated carbocycles. The Hall–Kier alpha value is -3.30. The van der Waals surface area contributed by atoms with Crippen LogP contribution in [0, 0.1) is 0 Å². The molecule has 40 heavy (non-hydrogen) atoms. The lowest BCUT2D eigenvalue weighted by Gasteiger charge is -2.31. The normalized spacial score (nSPS) is 17.9. The summed E-state index contributed by atoms with van der Waals surface area (Å²) in [6.45, 7) is 2.95. The van der Waals surface area contributed by atoms with E-state index in [4.69, 9.17) is 32.7 Å². The van der Waals surface area contributed by atoms with Gasteiger partial charge in [0.1, 0.15) is 23.9 Å². The maximum Gasteiger partial charge on any atom is 0.336 e. The van der Waals surface area contributed by atoms with Crippen molar-refractivity contribution in [3.8, 4) is 5.75 Å². The fraction of sp³-hybridized carbons (Fsp3) is 0.233. The second-order valence-electron chi connectivity index (χ2n) is 9.68. The Morgan fingerprint density at radius 2 is 1.77 bits per heavy atom.